The first kappa shape index (κ1) is 31.3. The van der Waals surface area contributed by atoms with E-state index in [1.807, 2.05) is 13.8 Å². The number of hydrogen-bond acceptors (Lipinski definition) is 9. The molecule has 2 aromatic heterocycles. The zero-order valence-corrected chi connectivity index (χ0v) is 26.8. The van der Waals surface area contributed by atoms with E-state index in [-0.39, 0.29) is 35.2 Å². The SMILES string of the molecule is COc1cc(C2C(C(=O)OCC(C)C)=C(C)N=c3s/c(=C/c4ccc(-c5cc(Cl)ccc5Cl)o4)c(=O)n32)ccc1OC(C)=O. The number of carbonyl (C=O) groups is 2. The third kappa shape index (κ3) is 6.38. The lowest BCUT2D eigenvalue weighted by atomic mass is 9.95. The average Bonchev–Trinajstić information content (AvgIpc) is 3.56. The maximum atomic E-state index is 14.0. The van der Waals surface area contributed by atoms with Crippen molar-refractivity contribution in [3.8, 4) is 22.8 Å². The van der Waals surface area contributed by atoms with Crippen LogP contribution in [0.15, 0.2) is 74.0 Å². The molecule has 0 N–H and O–H groups in total. The first-order valence-corrected chi connectivity index (χ1v) is 15.1. The summed E-state index contributed by atoms with van der Waals surface area (Å²) in [5.74, 6) is 0.356. The minimum absolute atomic E-state index is 0.0996. The Morgan fingerprint density at radius 1 is 1.11 bits per heavy atom. The lowest BCUT2D eigenvalue weighted by molar-refractivity contribution is -0.140. The summed E-state index contributed by atoms with van der Waals surface area (Å²) in [4.78, 5) is 44.1. The van der Waals surface area contributed by atoms with E-state index in [2.05, 4.69) is 4.99 Å². The highest BCUT2D eigenvalue weighted by Crippen LogP contribution is 2.36. The molecular formula is C32H28Cl2N2O7S. The van der Waals surface area contributed by atoms with Gasteiger partial charge in [-0.15, -0.1) is 0 Å². The molecule has 0 radical (unpaired) electrons. The number of allylic oxidation sites excluding steroid dienone is 1. The van der Waals surface area contributed by atoms with Crippen LogP contribution in [-0.2, 0) is 14.3 Å². The van der Waals surface area contributed by atoms with Gasteiger partial charge in [0.05, 0.1) is 40.6 Å². The van der Waals surface area contributed by atoms with Crippen molar-refractivity contribution in [3.63, 3.8) is 0 Å². The molecule has 0 bridgehead atoms. The summed E-state index contributed by atoms with van der Waals surface area (Å²) in [5.41, 5.74) is 1.39. The molecule has 4 aromatic rings. The zero-order chi connectivity index (χ0) is 31.7. The van der Waals surface area contributed by atoms with Gasteiger partial charge in [0.2, 0.25) is 0 Å². The monoisotopic (exact) mass is 654 g/mol. The van der Waals surface area contributed by atoms with Crippen molar-refractivity contribution in [2.75, 3.05) is 13.7 Å². The van der Waals surface area contributed by atoms with Crippen LogP contribution in [0.25, 0.3) is 17.4 Å². The fourth-order valence-electron chi connectivity index (χ4n) is 4.70. The minimum Gasteiger partial charge on any atom is -0.493 e. The van der Waals surface area contributed by atoms with Crippen molar-refractivity contribution >= 4 is 52.6 Å². The molecule has 3 heterocycles. The largest absolute Gasteiger partial charge is 0.493 e. The Labute approximate surface area is 266 Å². The first-order chi connectivity index (χ1) is 21.0. The van der Waals surface area contributed by atoms with Crippen LogP contribution in [0.3, 0.4) is 0 Å². The van der Waals surface area contributed by atoms with Gasteiger partial charge in [-0.05, 0) is 60.9 Å². The summed E-state index contributed by atoms with van der Waals surface area (Å²) in [5, 5.41) is 0.975. The normalized spacial score (nSPS) is 14.8. The Balaban J connectivity index is 1.64. The van der Waals surface area contributed by atoms with Gasteiger partial charge in [-0.1, -0.05) is 54.5 Å². The molecule has 12 heteroatoms. The molecule has 1 atom stereocenters. The van der Waals surface area contributed by atoms with E-state index in [1.165, 1.54) is 18.6 Å². The number of furan rings is 1. The van der Waals surface area contributed by atoms with Crippen LogP contribution >= 0.6 is 34.5 Å². The van der Waals surface area contributed by atoms with E-state index < -0.39 is 18.0 Å². The Morgan fingerprint density at radius 2 is 1.89 bits per heavy atom. The quantitative estimate of drug-likeness (QED) is 0.171. The summed E-state index contributed by atoms with van der Waals surface area (Å²) in [7, 11) is 1.44. The summed E-state index contributed by atoms with van der Waals surface area (Å²) >= 11 is 13.7. The smallest absolute Gasteiger partial charge is 0.338 e. The fraction of sp³-hybridized carbons (Fsp3) is 0.250. The summed E-state index contributed by atoms with van der Waals surface area (Å²) in [6.45, 7) is 7.04. The van der Waals surface area contributed by atoms with E-state index in [0.717, 1.165) is 11.3 Å². The van der Waals surface area contributed by atoms with Gasteiger partial charge in [-0.25, -0.2) is 9.79 Å². The zero-order valence-electron chi connectivity index (χ0n) is 24.5. The maximum absolute atomic E-state index is 14.0. The number of rotatable bonds is 8. The molecule has 228 valence electrons. The number of aromatic nitrogens is 1. The van der Waals surface area contributed by atoms with Crippen molar-refractivity contribution in [3.05, 3.63) is 101 Å². The molecule has 1 aliphatic rings. The molecule has 44 heavy (non-hydrogen) atoms. The molecular weight excluding hydrogens is 627 g/mol. The highest BCUT2D eigenvalue weighted by Gasteiger charge is 2.34. The molecule has 5 rings (SSSR count). The van der Waals surface area contributed by atoms with Gasteiger partial charge in [0.1, 0.15) is 11.5 Å². The predicted molar refractivity (Wildman–Crippen MR) is 168 cm³/mol. The van der Waals surface area contributed by atoms with Gasteiger partial charge in [-0.3, -0.25) is 14.2 Å². The topological polar surface area (TPSA) is 109 Å². The Kier molecular flexibility index (Phi) is 9.15. The van der Waals surface area contributed by atoms with E-state index >= 15 is 0 Å². The lowest BCUT2D eigenvalue weighted by Gasteiger charge is -2.25. The van der Waals surface area contributed by atoms with Crippen LogP contribution in [-0.4, -0.2) is 30.2 Å². The number of thiazole rings is 1. The fourth-order valence-corrected chi connectivity index (χ4v) is 6.11. The number of nitrogens with zero attached hydrogens (tertiary/aromatic N) is 2. The number of methoxy groups -OCH3 is 1. The molecule has 0 amide bonds. The minimum atomic E-state index is -0.897. The van der Waals surface area contributed by atoms with Crippen LogP contribution in [0, 0.1) is 5.92 Å². The van der Waals surface area contributed by atoms with Crippen molar-refractivity contribution < 1.29 is 28.2 Å². The molecule has 0 spiro atoms. The number of halogens is 2. The molecule has 2 aromatic carbocycles. The number of fused-ring (bicyclic) bond motifs is 1. The van der Waals surface area contributed by atoms with Crippen LogP contribution in [0.1, 0.15) is 45.1 Å². The van der Waals surface area contributed by atoms with Crippen LogP contribution < -0.4 is 24.4 Å². The second-order valence-electron chi connectivity index (χ2n) is 10.4. The second-order valence-corrected chi connectivity index (χ2v) is 12.3. The third-order valence-corrected chi connectivity index (χ3v) is 8.19. The average molecular weight is 656 g/mol. The number of esters is 2. The molecule has 1 aliphatic heterocycles. The Bertz CT molecular complexity index is 1990. The van der Waals surface area contributed by atoms with Crippen LogP contribution in [0.4, 0.5) is 0 Å². The first-order valence-electron chi connectivity index (χ1n) is 13.6. The van der Waals surface area contributed by atoms with E-state index in [0.29, 0.717) is 47.7 Å². The molecule has 0 saturated heterocycles. The summed E-state index contributed by atoms with van der Waals surface area (Å²) in [6, 6.07) is 12.5. The van der Waals surface area contributed by atoms with Gasteiger partial charge in [-0.2, -0.15) is 0 Å². The van der Waals surface area contributed by atoms with Crippen LogP contribution in [0.2, 0.25) is 10.0 Å². The summed E-state index contributed by atoms with van der Waals surface area (Å²) in [6.07, 6.45) is 1.61. The number of benzene rings is 2. The molecule has 0 aliphatic carbocycles. The van der Waals surface area contributed by atoms with Gasteiger partial charge in [0.15, 0.2) is 16.3 Å². The van der Waals surface area contributed by atoms with Crippen molar-refractivity contribution in [2.45, 2.75) is 33.7 Å². The predicted octanol–water partition coefficient (Wildman–Crippen LogP) is 5.94. The number of carbonyl (C=O) groups excluding carboxylic acids is 2. The van der Waals surface area contributed by atoms with Gasteiger partial charge in [0.25, 0.3) is 5.56 Å². The molecule has 0 saturated carbocycles. The van der Waals surface area contributed by atoms with Gasteiger partial charge < -0.3 is 18.6 Å². The molecule has 1 unspecified atom stereocenters. The van der Waals surface area contributed by atoms with E-state index in [1.54, 1.807) is 61.5 Å². The van der Waals surface area contributed by atoms with Crippen molar-refractivity contribution in [1.82, 2.24) is 4.57 Å². The second kappa shape index (κ2) is 12.9. The number of hydrogen-bond donors (Lipinski definition) is 0. The molecule has 0 fully saturated rings. The van der Waals surface area contributed by atoms with Crippen molar-refractivity contribution in [2.24, 2.45) is 10.9 Å². The van der Waals surface area contributed by atoms with Gasteiger partial charge in [0, 0.05) is 23.6 Å². The highest BCUT2D eigenvalue weighted by molar-refractivity contribution is 7.07. The Hall–Kier alpha value is -4.12. The maximum Gasteiger partial charge on any atom is 0.338 e. The van der Waals surface area contributed by atoms with Crippen molar-refractivity contribution in [1.29, 1.82) is 0 Å². The van der Waals surface area contributed by atoms with E-state index in [4.69, 9.17) is 41.8 Å². The summed E-state index contributed by atoms with van der Waals surface area (Å²) < 4.78 is 24.1. The third-order valence-electron chi connectivity index (χ3n) is 6.64. The van der Waals surface area contributed by atoms with E-state index in [9.17, 15) is 14.4 Å². The molecule has 9 nitrogen and oxygen atoms in total. The van der Waals surface area contributed by atoms with Gasteiger partial charge >= 0.3 is 11.9 Å². The number of ether oxygens (including phenoxy) is 3. The highest BCUT2D eigenvalue weighted by atomic mass is 35.5. The van der Waals surface area contributed by atoms with Crippen LogP contribution in [0.5, 0.6) is 11.5 Å². The standard InChI is InChI=1S/C32H28Cl2N2O7S/c1-16(2)15-41-31(39)28-17(3)35-32-36(29(28)19-6-10-25(42-18(4)37)26(12-19)40-5)30(38)27(44-32)14-21-8-11-24(43-21)22-13-20(33)7-9-23(22)34/h6-14,16,29H,15H2,1-5H3/b27-14+. The Morgan fingerprint density at radius 3 is 2.59 bits per heavy atom. The lowest BCUT2D eigenvalue weighted by Crippen LogP contribution is -2.40.